The summed E-state index contributed by atoms with van der Waals surface area (Å²) >= 11 is 0. The second-order valence-electron chi connectivity index (χ2n) is 7.84. The van der Waals surface area contributed by atoms with E-state index >= 15 is 0 Å². The van der Waals surface area contributed by atoms with Gasteiger partial charge < -0.3 is 9.30 Å². The molecule has 0 N–H and O–H groups in total. The first-order valence-corrected chi connectivity index (χ1v) is 10.2. The van der Waals surface area contributed by atoms with Crippen LogP contribution < -0.4 is 0 Å². The first-order valence-electron chi connectivity index (χ1n) is 10.2. The molecular formula is C26H22N2O2. The first kappa shape index (κ1) is 18.4. The lowest BCUT2D eigenvalue weighted by Crippen LogP contribution is -2.40. The van der Waals surface area contributed by atoms with E-state index in [1.54, 1.807) is 4.90 Å². The molecule has 3 heterocycles. The predicted molar refractivity (Wildman–Crippen MR) is 117 cm³/mol. The highest BCUT2D eigenvalue weighted by Gasteiger charge is 2.30. The Labute approximate surface area is 175 Å². The fourth-order valence-corrected chi connectivity index (χ4v) is 4.22. The summed E-state index contributed by atoms with van der Waals surface area (Å²) in [6.45, 7) is 3.07. The van der Waals surface area contributed by atoms with Crippen molar-refractivity contribution in [1.82, 2.24) is 9.30 Å². The molecule has 0 fully saturated rings. The number of fused-ring (bicyclic) bond motifs is 2. The van der Waals surface area contributed by atoms with Crippen molar-refractivity contribution < 1.29 is 9.59 Å². The molecule has 0 bridgehead atoms. The molecule has 0 spiro atoms. The molecule has 0 saturated carbocycles. The highest BCUT2D eigenvalue weighted by Crippen LogP contribution is 2.29. The van der Waals surface area contributed by atoms with E-state index in [1.807, 2.05) is 84.3 Å². The number of carbonyl (C=O) groups is 2. The normalized spacial score (nSPS) is 13.3. The Bertz CT molecular complexity index is 1270. The van der Waals surface area contributed by atoms with E-state index in [-0.39, 0.29) is 0 Å². The second-order valence-corrected chi connectivity index (χ2v) is 7.84. The number of pyridine rings is 1. The van der Waals surface area contributed by atoms with Gasteiger partial charge in [-0.3, -0.25) is 9.59 Å². The van der Waals surface area contributed by atoms with Crippen LogP contribution in [0.1, 0.15) is 27.2 Å². The fourth-order valence-electron chi connectivity index (χ4n) is 4.22. The summed E-state index contributed by atoms with van der Waals surface area (Å²) < 4.78 is 1.83. The van der Waals surface area contributed by atoms with Crippen LogP contribution in [0.3, 0.4) is 0 Å². The zero-order chi connectivity index (χ0) is 20.7. The zero-order valence-corrected chi connectivity index (χ0v) is 16.8. The summed E-state index contributed by atoms with van der Waals surface area (Å²) in [6.07, 6.45) is 2.62. The van der Waals surface area contributed by atoms with Crippen LogP contribution in [-0.2, 0) is 17.8 Å². The Morgan fingerprint density at radius 3 is 2.40 bits per heavy atom. The monoisotopic (exact) mass is 394 g/mol. The Balaban J connectivity index is 1.55. The van der Waals surface area contributed by atoms with E-state index in [9.17, 15) is 9.59 Å². The summed E-state index contributed by atoms with van der Waals surface area (Å²) in [5.41, 5.74) is 6.57. The van der Waals surface area contributed by atoms with Gasteiger partial charge in [0.25, 0.3) is 11.7 Å². The van der Waals surface area contributed by atoms with E-state index in [4.69, 9.17) is 0 Å². The highest BCUT2D eigenvalue weighted by molar-refractivity contribution is 6.43. The van der Waals surface area contributed by atoms with Gasteiger partial charge in [0.15, 0.2) is 0 Å². The van der Waals surface area contributed by atoms with Crippen LogP contribution in [0, 0.1) is 6.92 Å². The summed E-state index contributed by atoms with van der Waals surface area (Å²) in [7, 11) is 0. The molecular weight excluding hydrogens is 372 g/mol. The van der Waals surface area contributed by atoms with Crippen molar-refractivity contribution in [2.75, 3.05) is 6.54 Å². The van der Waals surface area contributed by atoms with Crippen LogP contribution in [-0.4, -0.2) is 27.5 Å². The van der Waals surface area contributed by atoms with Crippen molar-refractivity contribution in [2.45, 2.75) is 19.9 Å². The molecule has 0 atom stereocenters. The first-order chi connectivity index (χ1) is 14.6. The second kappa shape index (κ2) is 7.30. The number of ketones is 1. The van der Waals surface area contributed by atoms with Gasteiger partial charge in [0.2, 0.25) is 0 Å². The molecule has 0 radical (unpaired) electrons. The number of nitrogens with zero attached hydrogens (tertiary/aromatic N) is 2. The van der Waals surface area contributed by atoms with Crippen molar-refractivity contribution in [1.29, 1.82) is 0 Å². The number of hydrogen-bond donors (Lipinski definition) is 0. The van der Waals surface area contributed by atoms with Gasteiger partial charge >= 0.3 is 0 Å². The number of aromatic nitrogens is 1. The molecule has 1 aliphatic rings. The van der Waals surface area contributed by atoms with Crippen LogP contribution in [0.2, 0.25) is 0 Å². The van der Waals surface area contributed by atoms with Gasteiger partial charge in [0.05, 0.1) is 0 Å². The Hall–Kier alpha value is -3.66. The minimum atomic E-state index is -0.462. The molecule has 30 heavy (non-hydrogen) atoms. The molecule has 0 unspecified atom stereocenters. The summed E-state index contributed by atoms with van der Waals surface area (Å²) in [5.74, 6) is -0.905. The minimum absolute atomic E-state index is 0.429. The van der Waals surface area contributed by atoms with Crippen molar-refractivity contribution in [3.8, 4) is 11.1 Å². The lowest BCUT2D eigenvalue weighted by atomic mass is 9.98. The number of benzene rings is 2. The quantitative estimate of drug-likeness (QED) is 0.374. The average Bonchev–Trinajstić information content (AvgIpc) is 3.17. The van der Waals surface area contributed by atoms with Crippen LogP contribution >= 0.6 is 0 Å². The molecule has 4 heteroatoms. The molecule has 0 aliphatic carbocycles. The summed E-state index contributed by atoms with van der Waals surface area (Å²) in [4.78, 5) is 28.4. The van der Waals surface area contributed by atoms with Crippen LogP contribution in [0.5, 0.6) is 0 Å². The number of Topliss-reactive ketones (excluding diaryl/α,β-unsaturated/α-hetero) is 1. The topological polar surface area (TPSA) is 41.8 Å². The number of aryl methyl sites for hydroxylation is 1. The smallest absolute Gasteiger partial charge is 0.296 e. The van der Waals surface area contributed by atoms with E-state index in [1.165, 1.54) is 5.56 Å². The van der Waals surface area contributed by atoms with Gasteiger partial charge in [0.1, 0.15) is 5.69 Å². The number of rotatable bonds is 3. The van der Waals surface area contributed by atoms with Crippen LogP contribution in [0.15, 0.2) is 79.0 Å². The molecule has 2 aromatic carbocycles. The van der Waals surface area contributed by atoms with Crippen molar-refractivity contribution in [3.63, 3.8) is 0 Å². The molecule has 148 valence electrons. The largest absolute Gasteiger partial charge is 0.331 e. The number of carbonyl (C=O) groups excluding carboxylic acids is 2. The third-order valence-electron chi connectivity index (χ3n) is 5.87. The number of hydrogen-bond acceptors (Lipinski definition) is 2. The lowest BCUT2D eigenvalue weighted by molar-refractivity contribution is -0.127. The van der Waals surface area contributed by atoms with Gasteiger partial charge in [-0.25, -0.2) is 0 Å². The average molecular weight is 394 g/mol. The van der Waals surface area contributed by atoms with E-state index in [2.05, 4.69) is 6.07 Å². The Morgan fingerprint density at radius 1 is 0.867 bits per heavy atom. The van der Waals surface area contributed by atoms with Crippen molar-refractivity contribution >= 4 is 17.2 Å². The molecule has 4 nitrogen and oxygen atoms in total. The maximum Gasteiger partial charge on any atom is 0.296 e. The molecule has 4 aromatic rings. The van der Waals surface area contributed by atoms with Gasteiger partial charge in [-0.05, 0) is 48.2 Å². The van der Waals surface area contributed by atoms with Crippen molar-refractivity contribution in [2.24, 2.45) is 0 Å². The predicted octanol–water partition coefficient (Wildman–Crippen LogP) is 4.68. The lowest BCUT2D eigenvalue weighted by Gasteiger charge is -2.28. The molecule has 1 amide bonds. The third-order valence-corrected chi connectivity index (χ3v) is 5.87. The third kappa shape index (κ3) is 3.11. The van der Waals surface area contributed by atoms with Gasteiger partial charge in [-0.1, -0.05) is 60.2 Å². The molecule has 0 saturated heterocycles. The van der Waals surface area contributed by atoms with Crippen molar-refractivity contribution in [3.05, 3.63) is 101 Å². The maximum absolute atomic E-state index is 13.5. The van der Waals surface area contributed by atoms with Crippen LogP contribution in [0.4, 0.5) is 0 Å². The molecule has 2 aromatic heterocycles. The zero-order valence-electron chi connectivity index (χ0n) is 16.8. The highest BCUT2D eigenvalue weighted by atomic mass is 16.2. The Morgan fingerprint density at radius 2 is 1.60 bits per heavy atom. The molecule has 1 aliphatic heterocycles. The summed E-state index contributed by atoms with van der Waals surface area (Å²) in [6, 6.07) is 23.9. The van der Waals surface area contributed by atoms with Gasteiger partial charge in [0, 0.05) is 30.4 Å². The maximum atomic E-state index is 13.5. The SMILES string of the molecule is Cc1ccc(-c2cc3ccccn3c2C(=O)C(=O)N2CCc3ccccc3C2)cc1. The minimum Gasteiger partial charge on any atom is -0.331 e. The van der Waals surface area contributed by atoms with E-state index < -0.39 is 11.7 Å². The van der Waals surface area contributed by atoms with E-state index in [0.29, 0.717) is 18.8 Å². The van der Waals surface area contributed by atoms with Crippen LogP contribution in [0.25, 0.3) is 16.6 Å². The molecule has 5 rings (SSSR count). The standard InChI is InChI=1S/C26H22N2O2/c1-18-9-11-20(12-10-18)23-16-22-8-4-5-14-28(22)24(23)25(29)26(30)27-15-13-19-6-2-3-7-21(19)17-27/h2-12,14,16H,13,15,17H2,1H3. The number of amides is 1. The Kier molecular flexibility index (Phi) is 4.47. The summed E-state index contributed by atoms with van der Waals surface area (Å²) in [5, 5.41) is 0. The van der Waals surface area contributed by atoms with Gasteiger partial charge in [-0.2, -0.15) is 0 Å². The van der Waals surface area contributed by atoms with E-state index in [0.717, 1.165) is 34.2 Å². The fraction of sp³-hybridized carbons (Fsp3) is 0.154. The van der Waals surface area contributed by atoms with Gasteiger partial charge in [-0.15, -0.1) is 0 Å².